The lowest BCUT2D eigenvalue weighted by atomic mass is 9.91. The highest BCUT2D eigenvalue weighted by Crippen LogP contribution is 2.29. The summed E-state index contributed by atoms with van der Waals surface area (Å²) in [6.07, 6.45) is 0.829. The van der Waals surface area contributed by atoms with Crippen molar-refractivity contribution in [2.45, 2.75) is 32.6 Å². The van der Waals surface area contributed by atoms with E-state index in [1.807, 2.05) is 22.9 Å². The Hall–Kier alpha value is -1.88. The SMILES string of the molecule is COCCc1ccccc1-n1nnc(N)c1C(C)(C)C. The molecule has 5 heteroatoms. The second-order valence-electron chi connectivity index (χ2n) is 5.86. The Morgan fingerprint density at radius 3 is 2.60 bits per heavy atom. The predicted octanol–water partition coefficient (Wildman–Crippen LogP) is 2.34. The summed E-state index contributed by atoms with van der Waals surface area (Å²) in [6, 6.07) is 8.13. The number of benzene rings is 1. The van der Waals surface area contributed by atoms with Gasteiger partial charge in [-0.25, -0.2) is 4.68 Å². The van der Waals surface area contributed by atoms with Gasteiger partial charge in [-0.05, 0) is 18.1 Å². The Balaban J connectivity index is 2.52. The molecule has 0 aliphatic rings. The molecular formula is C15H22N4O. The maximum Gasteiger partial charge on any atom is 0.170 e. The van der Waals surface area contributed by atoms with Crippen LogP contribution < -0.4 is 5.73 Å². The van der Waals surface area contributed by atoms with Crippen LogP contribution in [0, 0.1) is 0 Å². The third-order valence-electron chi connectivity index (χ3n) is 3.20. The van der Waals surface area contributed by atoms with Gasteiger partial charge in [-0.2, -0.15) is 0 Å². The maximum absolute atomic E-state index is 6.00. The van der Waals surface area contributed by atoms with E-state index in [0.717, 1.165) is 17.8 Å². The number of aromatic nitrogens is 3. The number of ether oxygens (including phenoxy) is 1. The molecule has 0 saturated heterocycles. The average molecular weight is 274 g/mol. The summed E-state index contributed by atoms with van der Waals surface area (Å²) in [5.74, 6) is 0.485. The van der Waals surface area contributed by atoms with Crippen molar-refractivity contribution in [3.05, 3.63) is 35.5 Å². The molecule has 20 heavy (non-hydrogen) atoms. The van der Waals surface area contributed by atoms with Crippen molar-refractivity contribution in [2.75, 3.05) is 19.5 Å². The van der Waals surface area contributed by atoms with Crippen LogP contribution in [0.25, 0.3) is 5.69 Å². The summed E-state index contributed by atoms with van der Waals surface area (Å²) < 4.78 is 7.02. The van der Waals surface area contributed by atoms with Crippen molar-refractivity contribution in [1.82, 2.24) is 15.0 Å². The molecule has 0 atom stereocenters. The molecule has 0 aliphatic carbocycles. The van der Waals surface area contributed by atoms with Gasteiger partial charge < -0.3 is 10.5 Å². The topological polar surface area (TPSA) is 66.0 Å². The Morgan fingerprint density at radius 1 is 1.25 bits per heavy atom. The first-order chi connectivity index (χ1) is 9.45. The second-order valence-corrected chi connectivity index (χ2v) is 5.86. The molecule has 0 spiro atoms. The molecule has 2 aromatic rings. The first-order valence-corrected chi connectivity index (χ1v) is 6.74. The fourth-order valence-electron chi connectivity index (χ4n) is 2.30. The van der Waals surface area contributed by atoms with Crippen molar-refractivity contribution in [2.24, 2.45) is 0 Å². The zero-order chi connectivity index (χ0) is 14.8. The van der Waals surface area contributed by atoms with E-state index >= 15 is 0 Å². The van der Waals surface area contributed by atoms with Gasteiger partial charge in [0.15, 0.2) is 5.82 Å². The molecule has 2 rings (SSSR count). The van der Waals surface area contributed by atoms with E-state index in [9.17, 15) is 0 Å². The Morgan fingerprint density at radius 2 is 1.95 bits per heavy atom. The number of rotatable bonds is 4. The molecule has 2 N–H and O–H groups in total. The minimum atomic E-state index is -0.123. The van der Waals surface area contributed by atoms with E-state index in [1.165, 1.54) is 5.56 Å². The van der Waals surface area contributed by atoms with E-state index in [1.54, 1.807) is 7.11 Å². The number of anilines is 1. The van der Waals surface area contributed by atoms with Gasteiger partial charge in [-0.1, -0.05) is 44.2 Å². The van der Waals surface area contributed by atoms with Crippen molar-refractivity contribution in [3.8, 4) is 5.69 Å². The van der Waals surface area contributed by atoms with E-state index in [2.05, 4.69) is 37.1 Å². The lowest BCUT2D eigenvalue weighted by molar-refractivity contribution is 0.202. The first-order valence-electron chi connectivity index (χ1n) is 6.74. The minimum Gasteiger partial charge on any atom is -0.384 e. The van der Waals surface area contributed by atoms with Crippen LogP contribution in [-0.2, 0) is 16.6 Å². The number of nitrogens with zero attached hydrogens (tertiary/aromatic N) is 3. The van der Waals surface area contributed by atoms with Gasteiger partial charge in [0, 0.05) is 12.5 Å². The molecule has 1 aromatic carbocycles. The lowest BCUT2D eigenvalue weighted by Gasteiger charge is -2.21. The molecule has 0 bridgehead atoms. The van der Waals surface area contributed by atoms with Crippen LogP contribution >= 0.6 is 0 Å². The molecular weight excluding hydrogens is 252 g/mol. The fraction of sp³-hybridized carbons (Fsp3) is 0.467. The molecule has 1 heterocycles. The van der Waals surface area contributed by atoms with Gasteiger partial charge in [0.1, 0.15) is 0 Å². The highest BCUT2D eigenvalue weighted by molar-refractivity contribution is 5.48. The molecule has 0 aliphatic heterocycles. The highest BCUT2D eigenvalue weighted by atomic mass is 16.5. The molecule has 5 nitrogen and oxygen atoms in total. The van der Waals surface area contributed by atoms with Crippen molar-refractivity contribution in [3.63, 3.8) is 0 Å². The molecule has 0 fully saturated rings. The first kappa shape index (κ1) is 14.5. The average Bonchev–Trinajstić information content (AvgIpc) is 2.78. The Bertz CT molecular complexity index is 584. The second kappa shape index (κ2) is 5.63. The predicted molar refractivity (Wildman–Crippen MR) is 80.1 cm³/mol. The van der Waals surface area contributed by atoms with Gasteiger partial charge in [0.05, 0.1) is 18.0 Å². The fourth-order valence-corrected chi connectivity index (χ4v) is 2.30. The van der Waals surface area contributed by atoms with Crippen LogP contribution in [0.2, 0.25) is 0 Å². The van der Waals surface area contributed by atoms with Crippen LogP contribution in [0.4, 0.5) is 5.82 Å². The minimum absolute atomic E-state index is 0.123. The third kappa shape index (κ3) is 2.82. The number of nitrogen functional groups attached to an aromatic ring is 1. The number of hydrogen-bond acceptors (Lipinski definition) is 4. The zero-order valence-corrected chi connectivity index (χ0v) is 12.6. The van der Waals surface area contributed by atoms with Gasteiger partial charge in [-0.15, -0.1) is 5.10 Å². The van der Waals surface area contributed by atoms with E-state index in [0.29, 0.717) is 12.4 Å². The third-order valence-corrected chi connectivity index (χ3v) is 3.20. The van der Waals surface area contributed by atoms with E-state index in [4.69, 9.17) is 10.5 Å². The molecule has 0 amide bonds. The summed E-state index contributed by atoms with van der Waals surface area (Å²) in [7, 11) is 1.71. The van der Waals surface area contributed by atoms with Crippen molar-refractivity contribution < 1.29 is 4.74 Å². The Labute approximate surface area is 119 Å². The van der Waals surface area contributed by atoms with Crippen molar-refractivity contribution in [1.29, 1.82) is 0 Å². The quantitative estimate of drug-likeness (QED) is 0.929. The number of para-hydroxylation sites is 1. The molecule has 1 aromatic heterocycles. The summed E-state index contributed by atoms with van der Waals surface area (Å²) in [5.41, 5.74) is 8.99. The summed E-state index contributed by atoms with van der Waals surface area (Å²) in [4.78, 5) is 0. The number of hydrogen-bond donors (Lipinski definition) is 1. The smallest absolute Gasteiger partial charge is 0.170 e. The van der Waals surface area contributed by atoms with Crippen molar-refractivity contribution >= 4 is 5.82 Å². The van der Waals surface area contributed by atoms with Gasteiger partial charge in [-0.3, -0.25) is 0 Å². The molecule has 0 saturated carbocycles. The summed E-state index contributed by atoms with van der Waals surface area (Å²) in [5, 5.41) is 8.26. The molecule has 0 unspecified atom stereocenters. The highest BCUT2D eigenvalue weighted by Gasteiger charge is 2.25. The lowest BCUT2D eigenvalue weighted by Crippen LogP contribution is -2.20. The number of nitrogens with two attached hydrogens (primary N) is 1. The monoisotopic (exact) mass is 274 g/mol. The van der Waals surface area contributed by atoms with Gasteiger partial charge in [0.25, 0.3) is 0 Å². The van der Waals surface area contributed by atoms with Gasteiger partial charge >= 0.3 is 0 Å². The standard InChI is InChI=1S/C15H22N4O/c1-15(2,3)13-14(16)17-18-19(13)12-8-6-5-7-11(12)9-10-20-4/h5-8H,9-10,16H2,1-4H3. The summed E-state index contributed by atoms with van der Waals surface area (Å²) >= 11 is 0. The number of methoxy groups -OCH3 is 1. The normalized spacial score (nSPS) is 11.8. The van der Waals surface area contributed by atoms with Gasteiger partial charge in [0.2, 0.25) is 0 Å². The molecule has 0 radical (unpaired) electrons. The summed E-state index contributed by atoms with van der Waals surface area (Å²) in [6.45, 7) is 7.00. The zero-order valence-electron chi connectivity index (χ0n) is 12.6. The van der Waals surface area contributed by atoms with Crippen LogP contribution in [0.15, 0.2) is 24.3 Å². The largest absolute Gasteiger partial charge is 0.384 e. The Kier molecular flexibility index (Phi) is 4.09. The van der Waals surface area contributed by atoms with E-state index in [-0.39, 0.29) is 5.41 Å². The molecule has 108 valence electrons. The van der Waals surface area contributed by atoms with Crippen LogP contribution in [0.5, 0.6) is 0 Å². The maximum atomic E-state index is 6.00. The van der Waals surface area contributed by atoms with Crippen LogP contribution in [0.1, 0.15) is 32.0 Å². The van der Waals surface area contributed by atoms with E-state index < -0.39 is 0 Å². The van der Waals surface area contributed by atoms with Crippen LogP contribution in [0.3, 0.4) is 0 Å². The van der Waals surface area contributed by atoms with Crippen LogP contribution in [-0.4, -0.2) is 28.7 Å².